The van der Waals surface area contributed by atoms with Crippen LogP contribution in [0.3, 0.4) is 0 Å². The number of anilines is 2. The lowest BCUT2D eigenvalue weighted by atomic mass is 10.3. The monoisotopic (exact) mass is 479 g/mol. The van der Waals surface area contributed by atoms with Gasteiger partial charge in [-0.2, -0.15) is 0 Å². The molecule has 1 amide bonds. The molecule has 0 aromatic heterocycles. The van der Waals surface area contributed by atoms with E-state index in [1.54, 1.807) is 12.1 Å². The van der Waals surface area contributed by atoms with E-state index in [4.69, 9.17) is 23.2 Å². The quantitative estimate of drug-likeness (QED) is 0.388. The SMILES string of the molecule is O=C(CN(c1cccc([N+](=O)[O-])c1)S(=O)(=O)c1ccccc1)Nc1cccc(Cl)c1Cl. The molecule has 3 rings (SSSR count). The Kier molecular flexibility index (Phi) is 6.79. The molecular formula is C20H15Cl2N3O5S. The highest BCUT2D eigenvalue weighted by atomic mass is 35.5. The smallest absolute Gasteiger partial charge is 0.271 e. The lowest BCUT2D eigenvalue weighted by Gasteiger charge is -2.24. The van der Waals surface area contributed by atoms with Crippen molar-refractivity contribution < 1.29 is 18.1 Å². The summed E-state index contributed by atoms with van der Waals surface area (Å²) in [5.41, 5.74) is -0.148. The number of carbonyl (C=O) groups excluding carboxylic acids is 1. The van der Waals surface area contributed by atoms with Gasteiger partial charge in [0.25, 0.3) is 15.7 Å². The van der Waals surface area contributed by atoms with Crippen molar-refractivity contribution in [2.75, 3.05) is 16.2 Å². The molecule has 11 heteroatoms. The number of hydrogen-bond acceptors (Lipinski definition) is 5. The fraction of sp³-hybridized carbons (Fsp3) is 0.0500. The molecule has 31 heavy (non-hydrogen) atoms. The van der Waals surface area contributed by atoms with Crippen molar-refractivity contribution in [2.45, 2.75) is 4.90 Å². The van der Waals surface area contributed by atoms with Gasteiger partial charge in [-0.05, 0) is 30.3 Å². The third-order valence-corrected chi connectivity index (χ3v) is 6.78. The van der Waals surface area contributed by atoms with E-state index in [0.29, 0.717) is 0 Å². The minimum absolute atomic E-state index is 0.0367. The average molecular weight is 480 g/mol. The van der Waals surface area contributed by atoms with Gasteiger partial charge in [0.1, 0.15) is 6.54 Å². The van der Waals surface area contributed by atoms with E-state index in [-0.39, 0.29) is 32.0 Å². The number of halogens is 2. The Labute approximate surface area is 188 Å². The second-order valence-corrected chi connectivity index (χ2v) is 8.90. The first kappa shape index (κ1) is 22.5. The van der Waals surface area contributed by atoms with Crippen LogP contribution in [0.15, 0.2) is 77.7 Å². The maximum Gasteiger partial charge on any atom is 0.271 e. The van der Waals surface area contributed by atoms with Crippen LogP contribution in [0.25, 0.3) is 0 Å². The summed E-state index contributed by atoms with van der Waals surface area (Å²) >= 11 is 12.0. The normalized spacial score (nSPS) is 11.0. The predicted molar refractivity (Wildman–Crippen MR) is 119 cm³/mol. The molecule has 3 aromatic carbocycles. The Hall–Kier alpha value is -3.14. The molecular weight excluding hydrogens is 465 g/mol. The molecule has 160 valence electrons. The van der Waals surface area contributed by atoms with Gasteiger partial charge in [-0.25, -0.2) is 8.42 Å². The zero-order valence-corrected chi connectivity index (χ0v) is 18.1. The summed E-state index contributed by atoms with van der Waals surface area (Å²) in [4.78, 5) is 23.1. The van der Waals surface area contributed by atoms with Crippen molar-refractivity contribution in [3.63, 3.8) is 0 Å². The van der Waals surface area contributed by atoms with E-state index < -0.39 is 27.4 Å². The van der Waals surface area contributed by atoms with Crippen LogP contribution in [-0.2, 0) is 14.8 Å². The molecule has 0 bridgehead atoms. The summed E-state index contributed by atoms with van der Waals surface area (Å²) in [5.74, 6) is -0.713. The van der Waals surface area contributed by atoms with E-state index in [1.807, 2.05) is 0 Å². The van der Waals surface area contributed by atoms with Gasteiger partial charge in [0, 0.05) is 12.1 Å². The van der Waals surface area contributed by atoms with Gasteiger partial charge < -0.3 is 5.32 Å². The van der Waals surface area contributed by atoms with Gasteiger partial charge in [0.2, 0.25) is 5.91 Å². The van der Waals surface area contributed by atoms with Crippen molar-refractivity contribution in [1.29, 1.82) is 0 Å². The first-order chi connectivity index (χ1) is 14.7. The number of nitro benzene ring substituents is 1. The van der Waals surface area contributed by atoms with E-state index in [9.17, 15) is 23.3 Å². The number of rotatable bonds is 7. The zero-order valence-electron chi connectivity index (χ0n) is 15.7. The minimum atomic E-state index is -4.21. The molecule has 0 aliphatic carbocycles. The molecule has 0 spiro atoms. The van der Waals surface area contributed by atoms with Crippen LogP contribution in [0.2, 0.25) is 10.0 Å². The molecule has 0 saturated carbocycles. The predicted octanol–water partition coefficient (Wildman–Crippen LogP) is 4.74. The van der Waals surface area contributed by atoms with Crippen LogP contribution in [0, 0.1) is 10.1 Å². The molecule has 0 aliphatic rings. The van der Waals surface area contributed by atoms with E-state index in [2.05, 4.69) is 5.32 Å². The molecule has 0 fully saturated rings. The molecule has 1 N–H and O–H groups in total. The fourth-order valence-electron chi connectivity index (χ4n) is 2.72. The lowest BCUT2D eigenvalue weighted by molar-refractivity contribution is -0.384. The summed E-state index contributed by atoms with van der Waals surface area (Å²) in [7, 11) is -4.21. The standard InChI is InChI=1S/C20H15Cl2N3O5S/c21-17-10-5-11-18(20(17)22)23-19(26)13-24(14-6-4-7-15(12-14)25(27)28)31(29,30)16-8-2-1-3-9-16/h1-12H,13H2,(H,23,26). The van der Waals surface area contributed by atoms with E-state index in [1.165, 1.54) is 54.6 Å². The first-order valence-electron chi connectivity index (χ1n) is 8.76. The second kappa shape index (κ2) is 9.34. The Balaban J connectivity index is 2.00. The topological polar surface area (TPSA) is 110 Å². The average Bonchev–Trinajstić information content (AvgIpc) is 2.76. The Morgan fingerprint density at radius 3 is 2.35 bits per heavy atom. The number of amides is 1. The highest BCUT2D eigenvalue weighted by molar-refractivity contribution is 7.92. The maximum atomic E-state index is 13.3. The van der Waals surface area contributed by atoms with Crippen LogP contribution < -0.4 is 9.62 Å². The van der Waals surface area contributed by atoms with Crippen molar-refractivity contribution in [3.8, 4) is 0 Å². The summed E-state index contributed by atoms with van der Waals surface area (Å²) in [5, 5.41) is 14.0. The van der Waals surface area contributed by atoms with Crippen LogP contribution in [0.1, 0.15) is 0 Å². The van der Waals surface area contributed by atoms with Gasteiger partial charge in [-0.15, -0.1) is 0 Å². The molecule has 8 nitrogen and oxygen atoms in total. The van der Waals surface area contributed by atoms with Gasteiger partial charge >= 0.3 is 0 Å². The van der Waals surface area contributed by atoms with Gasteiger partial charge in [-0.1, -0.05) is 53.5 Å². The van der Waals surface area contributed by atoms with Crippen molar-refractivity contribution in [3.05, 3.63) is 93.0 Å². The molecule has 0 radical (unpaired) electrons. The third-order valence-electron chi connectivity index (χ3n) is 4.17. The highest BCUT2D eigenvalue weighted by Gasteiger charge is 2.28. The first-order valence-corrected chi connectivity index (χ1v) is 11.0. The van der Waals surface area contributed by atoms with Crippen LogP contribution in [0.5, 0.6) is 0 Å². The van der Waals surface area contributed by atoms with Crippen molar-refractivity contribution >= 4 is 56.2 Å². The molecule has 0 unspecified atom stereocenters. The number of sulfonamides is 1. The maximum absolute atomic E-state index is 13.3. The molecule has 3 aromatic rings. The van der Waals surface area contributed by atoms with Crippen molar-refractivity contribution in [2.24, 2.45) is 0 Å². The highest BCUT2D eigenvalue weighted by Crippen LogP contribution is 2.30. The Bertz CT molecular complexity index is 1240. The summed E-state index contributed by atoms with van der Waals surface area (Å²) in [6.45, 7) is -0.652. The van der Waals surface area contributed by atoms with E-state index >= 15 is 0 Å². The molecule has 0 atom stereocenters. The molecule has 0 heterocycles. The lowest BCUT2D eigenvalue weighted by Crippen LogP contribution is -2.38. The Morgan fingerprint density at radius 2 is 1.68 bits per heavy atom. The van der Waals surface area contributed by atoms with Crippen molar-refractivity contribution in [1.82, 2.24) is 0 Å². The van der Waals surface area contributed by atoms with Crippen LogP contribution >= 0.6 is 23.2 Å². The summed E-state index contributed by atoms with van der Waals surface area (Å²) < 4.78 is 27.3. The third kappa shape index (κ3) is 5.13. The number of hydrogen-bond donors (Lipinski definition) is 1. The van der Waals surface area contributed by atoms with Gasteiger partial charge in [0.15, 0.2) is 0 Å². The number of benzene rings is 3. The molecule has 0 aliphatic heterocycles. The number of non-ortho nitro benzene ring substituents is 1. The summed E-state index contributed by atoms with van der Waals surface area (Å²) in [6.07, 6.45) is 0. The largest absolute Gasteiger partial charge is 0.323 e. The number of nitrogens with zero attached hydrogens (tertiary/aromatic N) is 2. The number of nitro groups is 1. The van der Waals surface area contributed by atoms with Crippen LogP contribution in [0.4, 0.5) is 17.1 Å². The summed E-state index contributed by atoms with van der Waals surface area (Å²) in [6, 6.07) is 17.1. The molecule has 0 saturated heterocycles. The van der Waals surface area contributed by atoms with Crippen LogP contribution in [-0.4, -0.2) is 25.8 Å². The second-order valence-electron chi connectivity index (χ2n) is 6.25. The number of carbonyl (C=O) groups is 1. The zero-order chi connectivity index (χ0) is 22.6. The fourth-order valence-corrected chi connectivity index (χ4v) is 4.50. The van der Waals surface area contributed by atoms with Gasteiger partial charge in [-0.3, -0.25) is 19.2 Å². The number of nitrogens with one attached hydrogen (secondary N) is 1. The Morgan fingerprint density at radius 1 is 1.00 bits per heavy atom. The van der Waals surface area contributed by atoms with E-state index in [0.717, 1.165) is 10.4 Å². The minimum Gasteiger partial charge on any atom is -0.323 e. The van der Waals surface area contributed by atoms with Gasteiger partial charge in [0.05, 0.1) is 31.2 Å².